The first kappa shape index (κ1) is 21.1. The lowest BCUT2D eigenvalue weighted by molar-refractivity contribution is -0.119. The summed E-state index contributed by atoms with van der Waals surface area (Å²) >= 11 is 0. The zero-order chi connectivity index (χ0) is 22.7. The van der Waals surface area contributed by atoms with E-state index in [-0.39, 0.29) is 5.56 Å². The lowest BCUT2D eigenvalue weighted by Gasteiger charge is -2.11. The molecule has 4 rings (SSSR count). The van der Waals surface area contributed by atoms with Crippen molar-refractivity contribution in [2.75, 3.05) is 19.0 Å². The highest BCUT2D eigenvalue weighted by atomic mass is 16.5. The number of methoxy groups -OCH3 is 1. The van der Waals surface area contributed by atoms with Gasteiger partial charge in [-0.15, -0.1) is 0 Å². The molecule has 1 heterocycles. The molecule has 1 amide bonds. The van der Waals surface area contributed by atoms with Gasteiger partial charge in [-0.3, -0.25) is 4.79 Å². The molecule has 0 atom stereocenters. The largest absolute Gasteiger partial charge is 0.496 e. The molecule has 0 aliphatic heterocycles. The van der Waals surface area contributed by atoms with Crippen LogP contribution in [0.5, 0.6) is 5.75 Å². The van der Waals surface area contributed by atoms with Crippen molar-refractivity contribution < 1.29 is 19.1 Å². The van der Waals surface area contributed by atoms with E-state index in [0.717, 1.165) is 22.2 Å². The first-order valence-electron chi connectivity index (χ1n) is 10.1. The van der Waals surface area contributed by atoms with Crippen LogP contribution in [-0.2, 0) is 9.53 Å². The second kappa shape index (κ2) is 8.93. The summed E-state index contributed by atoms with van der Waals surface area (Å²) in [7, 11) is 1.49. The van der Waals surface area contributed by atoms with E-state index in [9.17, 15) is 9.59 Å². The van der Waals surface area contributed by atoms with Crippen molar-refractivity contribution in [3.8, 4) is 11.4 Å². The van der Waals surface area contributed by atoms with Gasteiger partial charge in [0.15, 0.2) is 6.61 Å². The number of amides is 1. The Morgan fingerprint density at radius 3 is 2.31 bits per heavy atom. The van der Waals surface area contributed by atoms with Gasteiger partial charge >= 0.3 is 5.97 Å². The molecule has 0 aliphatic rings. The van der Waals surface area contributed by atoms with Gasteiger partial charge in [0, 0.05) is 0 Å². The zero-order valence-corrected chi connectivity index (χ0v) is 18.1. The number of aromatic nitrogens is 2. The maximum atomic E-state index is 12.6. The third-order valence-corrected chi connectivity index (χ3v) is 5.18. The molecule has 0 aliphatic carbocycles. The molecule has 0 spiro atoms. The van der Waals surface area contributed by atoms with Gasteiger partial charge in [0.05, 0.1) is 29.9 Å². The third kappa shape index (κ3) is 4.18. The number of ether oxygens (including phenoxy) is 2. The summed E-state index contributed by atoms with van der Waals surface area (Å²) in [6, 6.07) is 20.7. The number of esters is 1. The van der Waals surface area contributed by atoms with E-state index in [1.54, 1.807) is 16.8 Å². The molecule has 4 aromatic rings. The highest BCUT2D eigenvalue weighted by molar-refractivity contribution is 6.00. The lowest BCUT2D eigenvalue weighted by Crippen LogP contribution is -2.21. The Labute approximate surface area is 185 Å². The van der Waals surface area contributed by atoms with Crippen LogP contribution in [0, 0.1) is 13.8 Å². The molecule has 0 saturated carbocycles. The number of rotatable bonds is 6. The maximum absolute atomic E-state index is 12.6. The normalized spacial score (nSPS) is 10.7. The number of carbonyl (C=O) groups is 2. The summed E-state index contributed by atoms with van der Waals surface area (Å²) in [5.41, 5.74) is 3.21. The van der Waals surface area contributed by atoms with Crippen molar-refractivity contribution >= 4 is 28.3 Å². The molecule has 0 saturated heterocycles. The van der Waals surface area contributed by atoms with E-state index >= 15 is 0 Å². The van der Waals surface area contributed by atoms with Gasteiger partial charge in [0.1, 0.15) is 11.3 Å². The number of carbonyl (C=O) groups excluding carboxylic acids is 2. The number of nitrogens with one attached hydrogen (secondary N) is 1. The van der Waals surface area contributed by atoms with Crippen LogP contribution in [0.1, 0.15) is 21.7 Å². The monoisotopic (exact) mass is 429 g/mol. The summed E-state index contributed by atoms with van der Waals surface area (Å²) in [4.78, 5) is 25.2. The molecule has 162 valence electrons. The van der Waals surface area contributed by atoms with Crippen LogP contribution in [0.4, 0.5) is 5.69 Å². The predicted octanol–water partition coefficient (Wildman–Crippen LogP) is 4.45. The first-order chi connectivity index (χ1) is 15.5. The molecule has 1 aromatic heterocycles. The van der Waals surface area contributed by atoms with Gasteiger partial charge in [-0.25, -0.2) is 9.48 Å². The van der Waals surface area contributed by atoms with Crippen LogP contribution < -0.4 is 10.1 Å². The predicted molar refractivity (Wildman–Crippen MR) is 122 cm³/mol. The fraction of sp³-hybridized carbons (Fsp3) is 0.160. The van der Waals surface area contributed by atoms with Crippen molar-refractivity contribution in [1.29, 1.82) is 0 Å². The molecule has 3 aromatic carbocycles. The Kier molecular flexibility index (Phi) is 5.89. The minimum absolute atomic E-state index is 0.267. The van der Waals surface area contributed by atoms with Crippen LogP contribution in [0.25, 0.3) is 16.5 Å². The summed E-state index contributed by atoms with van der Waals surface area (Å²) < 4.78 is 12.4. The fourth-order valence-corrected chi connectivity index (χ4v) is 3.58. The molecule has 0 unspecified atom stereocenters. The SMILES string of the molecule is COc1cc2ccccc2cc1C(=O)OCC(=O)Nc1c(C)nn(-c2ccccc2)c1C. The quantitative estimate of drug-likeness (QED) is 0.458. The summed E-state index contributed by atoms with van der Waals surface area (Å²) in [6.07, 6.45) is 0. The fourth-order valence-electron chi connectivity index (χ4n) is 3.58. The smallest absolute Gasteiger partial charge is 0.342 e. The standard InChI is InChI=1S/C25H23N3O4/c1-16-24(17(2)28(27-16)20-11-5-4-6-12-20)26-23(29)15-32-25(30)21-13-18-9-7-8-10-19(18)14-22(21)31-3/h4-14H,15H2,1-3H3,(H,26,29). The zero-order valence-electron chi connectivity index (χ0n) is 18.1. The van der Waals surface area contributed by atoms with Crippen molar-refractivity contribution in [2.24, 2.45) is 0 Å². The molecule has 0 radical (unpaired) electrons. The van der Waals surface area contributed by atoms with Crippen molar-refractivity contribution in [1.82, 2.24) is 9.78 Å². The van der Waals surface area contributed by atoms with Crippen LogP contribution in [0.15, 0.2) is 66.7 Å². The van der Waals surface area contributed by atoms with Crippen LogP contribution >= 0.6 is 0 Å². The van der Waals surface area contributed by atoms with Gasteiger partial charge < -0.3 is 14.8 Å². The number of para-hydroxylation sites is 1. The Morgan fingerprint density at radius 2 is 1.62 bits per heavy atom. The highest BCUT2D eigenvalue weighted by Gasteiger charge is 2.19. The number of aryl methyl sites for hydroxylation is 1. The van der Waals surface area contributed by atoms with Crippen molar-refractivity contribution in [3.05, 3.63) is 83.7 Å². The number of nitrogens with zero attached hydrogens (tertiary/aromatic N) is 2. The molecule has 0 bridgehead atoms. The minimum atomic E-state index is -0.629. The molecule has 0 fully saturated rings. The average Bonchev–Trinajstić information content (AvgIpc) is 3.10. The second-order valence-corrected chi connectivity index (χ2v) is 7.32. The number of benzene rings is 3. The summed E-state index contributed by atoms with van der Waals surface area (Å²) in [5.74, 6) is -0.682. The van der Waals surface area contributed by atoms with Crippen LogP contribution in [0.3, 0.4) is 0 Å². The van der Waals surface area contributed by atoms with Crippen molar-refractivity contribution in [2.45, 2.75) is 13.8 Å². The second-order valence-electron chi connectivity index (χ2n) is 7.32. The number of hydrogen-bond acceptors (Lipinski definition) is 5. The highest BCUT2D eigenvalue weighted by Crippen LogP contribution is 2.27. The number of fused-ring (bicyclic) bond motifs is 1. The number of hydrogen-bond donors (Lipinski definition) is 1. The first-order valence-corrected chi connectivity index (χ1v) is 10.1. The Balaban J connectivity index is 1.46. The lowest BCUT2D eigenvalue weighted by atomic mass is 10.1. The van der Waals surface area contributed by atoms with E-state index < -0.39 is 18.5 Å². The molecule has 32 heavy (non-hydrogen) atoms. The Bertz CT molecular complexity index is 1300. The molecule has 1 N–H and O–H groups in total. The van der Waals surface area contributed by atoms with E-state index in [1.807, 2.05) is 68.4 Å². The van der Waals surface area contributed by atoms with E-state index in [0.29, 0.717) is 17.1 Å². The topological polar surface area (TPSA) is 82.4 Å². The third-order valence-electron chi connectivity index (χ3n) is 5.18. The Morgan fingerprint density at radius 1 is 0.969 bits per heavy atom. The van der Waals surface area contributed by atoms with E-state index in [1.165, 1.54) is 7.11 Å². The van der Waals surface area contributed by atoms with Gasteiger partial charge in [-0.05, 0) is 48.9 Å². The molecule has 7 heteroatoms. The minimum Gasteiger partial charge on any atom is -0.496 e. The Hall–Kier alpha value is -4.13. The molecular weight excluding hydrogens is 406 g/mol. The van der Waals surface area contributed by atoms with Crippen LogP contribution in [0.2, 0.25) is 0 Å². The van der Waals surface area contributed by atoms with Crippen molar-refractivity contribution in [3.63, 3.8) is 0 Å². The summed E-state index contributed by atoms with van der Waals surface area (Å²) in [5, 5.41) is 9.13. The van der Waals surface area contributed by atoms with Gasteiger partial charge in [0.25, 0.3) is 5.91 Å². The molecule has 7 nitrogen and oxygen atoms in total. The van der Waals surface area contributed by atoms with E-state index in [4.69, 9.17) is 9.47 Å². The summed E-state index contributed by atoms with van der Waals surface area (Å²) in [6.45, 7) is 3.26. The van der Waals surface area contributed by atoms with E-state index in [2.05, 4.69) is 10.4 Å². The van der Waals surface area contributed by atoms with Crippen LogP contribution in [-0.4, -0.2) is 35.4 Å². The van der Waals surface area contributed by atoms with Gasteiger partial charge in [0.2, 0.25) is 0 Å². The maximum Gasteiger partial charge on any atom is 0.342 e. The number of anilines is 1. The van der Waals surface area contributed by atoms with Gasteiger partial charge in [-0.1, -0.05) is 42.5 Å². The molecular formula is C25H23N3O4. The van der Waals surface area contributed by atoms with Gasteiger partial charge in [-0.2, -0.15) is 5.10 Å². The average molecular weight is 429 g/mol.